The summed E-state index contributed by atoms with van der Waals surface area (Å²) in [7, 11) is 0. The van der Waals surface area contributed by atoms with E-state index in [9.17, 15) is 9.18 Å². The van der Waals surface area contributed by atoms with Gasteiger partial charge in [-0.1, -0.05) is 17.7 Å². The van der Waals surface area contributed by atoms with Gasteiger partial charge in [-0.2, -0.15) is 0 Å². The number of carbonyl (C=O) groups excluding carboxylic acids is 1. The van der Waals surface area contributed by atoms with Crippen LogP contribution in [0.25, 0.3) is 0 Å². The standard InChI is InChI=1S/C14H18ClFN2O.ClH/c15-12-7-11(1-2-13(12)16)9-18-14(19)8-10-3-5-17-6-4-10;/h1-2,7,10,17H,3-6,8-9H2,(H,18,19);1H. The molecule has 1 fully saturated rings. The Morgan fingerprint density at radius 1 is 1.40 bits per heavy atom. The molecule has 3 nitrogen and oxygen atoms in total. The lowest BCUT2D eigenvalue weighted by molar-refractivity contribution is -0.122. The van der Waals surface area contributed by atoms with Crippen LogP contribution in [-0.4, -0.2) is 19.0 Å². The van der Waals surface area contributed by atoms with Gasteiger partial charge >= 0.3 is 0 Å². The molecule has 1 heterocycles. The monoisotopic (exact) mass is 320 g/mol. The van der Waals surface area contributed by atoms with Gasteiger partial charge in [0.2, 0.25) is 5.91 Å². The summed E-state index contributed by atoms with van der Waals surface area (Å²) < 4.78 is 13.0. The molecule has 6 heteroatoms. The Labute approximate surface area is 129 Å². The first-order valence-corrected chi connectivity index (χ1v) is 6.94. The van der Waals surface area contributed by atoms with Crippen molar-refractivity contribution in [3.8, 4) is 0 Å². The van der Waals surface area contributed by atoms with Crippen LogP contribution >= 0.6 is 24.0 Å². The summed E-state index contributed by atoms with van der Waals surface area (Å²) in [5.41, 5.74) is 0.810. The van der Waals surface area contributed by atoms with Crippen LogP contribution in [0, 0.1) is 11.7 Å². The van der Waals surface area contributed by atoms with Gasteiger partial charge in [-0.3, -0.25) is 4.79 Å². The molecule has 2 N–H and O–H groups in total. The zero-order valence-electron chi connectivity index (χ0n) is 11.1. The first-order valence-electron chi connectivity index (χ1n) is 6.56. The second-order valence-electron chi connectivity index (χ2n) is 4.92. The smallest absolute Gasteiger partial charge is 0.220 e. The molecule has 112 valence electrons. The van der Waals surface area contributed by atoms with Crippen LogP contribution in [-0.2, 0) is 11.3 Å². The molecule has 0 unspecified atom stereocenters. The fourth-order valence-corrected chi connectivity index (χ4v) is 2.47. The highest BCUT2D eigenvalue weighted by atomic mass is 35.5. The molecule has 1 saturated heterocycles. The third-order valence-corrected chi connectivity index (χ3v) is 3.70. The molecule has 0 aliphatic carbocycles. The number of halogens is 3. The van der Waals surface area contributed by atoms with Crippen molar-refractivity contribution in [3.05, 3.63) is 34.6 Å². The quantitative estimate of drug-likeness (QED) is 0.895. The average Bonchev–Trinajstić information content (AvgIpc) is 2.41. The SMILES string of the molecule is Cl.O=C(CC1CCNCC1)NCc1ccc(F)c(Cl)c1. The molecular formula is C14H19Cl2FN2O. The maximum absolute atomic E-state index is 13.0. The van der Waals surface area contributed by atoms with Crippen molar-refractivity contribution in [1.82, 2.24) is 10.6 Å². The van der Waals surface area contributed by atoms with E-state index < -0.39 is 5.82 Å². The van der Waals surface area contributed by atoms with Gasteiger partial charge in [0.15, 0.2) is 0 Å². The third kappa shape index (κ3) is 5.27. The molecule has 2 rings (SSSR count). The Morgan fingerprint density at radius 2 is 2.10 bits per heavy atom. The van der Waals surface area contributed by atoms with Gasteiger partial charge in [0.25, 0.3) is 0 Å². The summed E-state index contributed by atoms with van der Waals surface area (Å²) in [6.07, 6.45) is 2.67. The molecule has 0 atom stereocenters. The Kier molecular flexibility index (Phi) is 7.27. The lowest BCUT2D eigenvalue weighted by Gasteiger charge is -2.21. The van der Waals surface area contributed by atoms with Crippen molar-refractivity contribution in [2.75, 3.05) is 13.1 Å². The van der Waals surface area contributed by atoms with Crippen LogP contribution in [0.3, 0.4) is 0 Å². The van der Waals surface area contributed by atoms with E-state index in [1.54, 1.807) is 12.1 Å². The molecule has 0 bridgehead atoms. The van der Waals surface area contributed by atoms with E-state index in [1.807, 2.05) is 0 Å². The summed E-state index contributed by atoms with van der Waals surface area (Å²) in [4.78, 5) is 11.8. The van der Waals surface area contributed by atoms with Gasteiger partial charge in [0, 0.05) is 13.0 Å². The van der Waals surface area contributed by atoms with Crippen molar-refractivity contribution in [1.29, 1.82) is 0 Å². The molecule has 1 aromatic rings. The normalized spacial score (nSPS) is 15.5. The van der Waals surface area contributed by atoms with E-state index in [0.29, 0.717) is 18.9 Å². The number of amides is 1. The number of carbonyl (C=O) groups is 1. The molecule has 0 saturated carbocycles. The highest BCUT2D eigenvalue weighted by molar-refractivity contribution is 6.30. The van der Waals surface area contributed by atoms with Gasteiger partial charge < -0.3 is 10.6 Å². The minimum atomic E-state index is -0.438. The molecule has 1 amide bonds. The second-order valence-corrected chi connectivity index (χ2v) is 5.33. The van der Waals surface area contributed by atoms with Crippen LogP contribution in [0.2, 0.25) is 5.02 Å². The molecule has 1 aromatic carbocycles. The highest BCUT2D eigenvalue weighted by Crippen LogP contribution is 2.17. The molecule has 1 aliphatic heterocycles. The lowest BCUT2D eigenvalue weighted by Crippen LogP contribution is -2.32. The summed E-state index contributed by atoms with van der Waals surface area (Å²) in [6.45, 7) is 2.38. The number of hydrogen-bond acceptors (Lipinski definition) is 2. The fourth-order valence-electron chi connectivity index (χ4n) is 2.27. The van der Waals surface area contributed by atoms with Crippen LogP contribution in [0.5, 0.6) is 0 Å². The Morgan fingerprint density at radius 3 is 2.75 bits per heavy atom. The summed E-state index contributed by atoms with van der Waals surface area (Å²) in [6, 6.07) is 4.49. The third-order valence-electron chi connectivity index (χ3n) is 3.41. The second kappa shape index (κ2) is 8.45. The van der Waals surface area contributed by atoms with E-state index in [-0.39, 0.29) is 23.3 Å². The number of rotatable bonds is 4. The summed E-state index contributed by atoms with van der Waals surface area (Å²) in [5.74, 6) is 0.0804. The van der Waals surface area contributed by atoms with Crippen LogP contribution in [0.4, 0.5) is 4.39 Å². The van der Waals surface area contributed by atoms with Gasteiger partial charge in [-0.15, -0.1) is 12.4 Å². The maximum atomic E-state index is 13.0. The van der Waals surface area contributed by atoms with E-state index in [0.717, 1.165) is 31.5 Å². The largest absolute Gasteiger partial charge is 0.352 e. The van der Waals surface area contributed by atoms with Crippen LogP contribution in [0.1, 0.15) is 24.8 Å². The predicted molar refractivity (Wildman–Crippen MR) is 80.7 cm³/mol. The topological polar surface area (TPSA) is 41.1 Å². The van der Waals surface area contributed by atoms with E-state index in [1.165, 1.54) is 6.07 Å². The highest BCUT2D eigenvalue weighted by Gasteiger charge is 2.16. The first-order chi connectivity index (χ1) is 9.15. The number of hydrogen-bond donors (Lipinski definition) is 2. The lowest BCUT2D eigenvalue weighted by atomic mass is 9.94. The molecule has 0 aromatic heterocycles. The van der Waals surface area contributed by atoms with Crippen LogP contribution < -0.4 is 10.6 Å². The average molecular weight is 321 g/mol. The molecule has 20 heavy (non-hydrogen) atoms. The van der Waals surface area contributed by atoms with Crippen molar-refractivity contribution in [2.45, 2.75) is 25.8 Å². The van der Waals surface area contributed by atoms with Crippen LogP contribution in [0.15, 0.2) is 18.2 Å². The van der Waals surface area contributed by atoms with Gasteiger partial charge in [-0.25, -0.2) is 4.39 Å². The maximum Gasteiger partial charge on any atom is 0.220 e. The van der Waals surface area contributed by atoms with Crippen molar-refractivity contribution in [3.63, 3.8) is 0 Å². The zero-order valence-corrected chi connectivity index (χ0v) is 12.7. The Hall–Kier alpha value is -0.840. The number of benzene rings is 1. The molecule has 1 aliphatic rings. The molecule has 0 radical (unpaired) electrons. The first kappa shape index (κ1) is 17.2. The minimum Gasteiger partial charge on any atom is -0.352 e. The van der Waals surface area contributed by atoms with E-state index in [4.69, 9.17) is 11.6 Å². The zero-order chi connectivity index (χ0) is 13.7. The number of piperidine rings is 1. The van der Waals surface area contributed by atoms with Gasteiger partial charge in [-0.05, 0) is 49.5 Å². The Balaban J connectivity index is 0.00000200. The predicted octanol–water partition coefficient (Wildman–Crippen LogP) is 2.91. The van der Waals surface area contributed by atoms with E-state index in [2.05, 4.69) is 10.6 Å². The van der Waals surface area contributed by atoms with Crippen molar-refractivity contribution < 1.29 is 9.18 Å². The van der Waals surface area contributed by atoms with Crippen molar-refractivity contribution >= 4 is 29.9 Å². The summed E-state index contributed by atoms with van der Waals surface area (Å²) >= 11 is 5.69. The van der Waals surface area contributed by atoms with Gasteiger partial charge in [0.05, 0.1) is 5.02 Å². The van der Waals surface area contributed by atoms with E-state index >= 15 is 0 Å². The van der Waals surface area contributed by atoms with Gasteiger partial charge in [0.1, 0.15) is 5.82 Å². The summed E-state index contributed by atoms with van der Waals surface area (Å²) in [5, 5.41) is 6.22. The fraction of sp³-hybridized carbons (Fsp3) is 0.500. The van der Waals surface area contributed by atoms with Crippen molar-refractivity contribution in [2.24, 2.45) is 5.92 Å². The number of nitrogens with one attached hydrogen (secondary N) is 2. The molecular weight excluding hydrogens is 302 g/mol. The molecule has 0 spiro atoms. The Bertz CT molecular complexity index is 451. The minimum absolute atomic E-state index is 0.